The molecule has 1 saturated carbocycles. The van der Waals surface area contributed by atoms with Gasteiger partial charge in [-0.3, -0.25) is 0 Å². The van der Waals surface area contributed by atoms with Crippen molar-refractivity contribution >= 4 is 21.6 Å². The fraction of sp³-hybridized carbons (Fsp3) is 0.500. The predicted octanol–water partition coefficient (Wildman–Crippen LogP) is 3.72. The topological polar surface area (TPSA) is 38.9 Å². The maximum atomic E-state index is 6.53. The van der Waals surface area contributed by atoms with Crippen molar-refractivity contribution in [1.82, 2.24) is 4.98 Å². The molecule has 1 aromatic heterocycles. The molecule has 1 aliphatic rings. The molecule has 0 atom stereocenters. The molecule has 0 aliphatic heterocycles. The van der Waals surface area contributed by atoms with E-state index >= 15 is 0 Å². The van der Waals surface area contributed by atoms with Gasteiger partial charge >= 0.3 is 0 Å². The van der Waals surface area contributed by atoms with E-state index in [0.29, 0.717) is 0 Å². The Hall–Kier alpha value is -0.930. The van der Waals surface area contributed by atoms with E-state index in [-0.39, 0.29) is 5.54 Å². The summed E-state index contributed by atoms with van der Waals surface area (Å²) in [6, 6.07) is 6.44. The first-order chi connectivity index (χ1) is 8.17. The summed E-state index contributed by atoms with van der Waals surface area (Å²) in [5, 5.41) is 1.14. The average Bonchev–Trinajstić information content (AvgIpc) is 2.73. The van der Waals surface area contributed by atoms with Gasteiger partial charge in [-0.25, -0.2) is 4.98 Å². The summed E-state index contributed by atoms with van der Waals surface area (Å²) in [6.45, 7) is 2.12. The predicted molar refractivity (Wildman–Crippen MR) is 73.3 cm³/mol. The molecule has 1 heterocycles. The van der Waals surface area contributed by atoms with Crippen molar-refractivity contribution in [2.75, 3.05) is 0 Å². The monoisotopic (exact) mass is 246 g/mol. The Kier molecular flexibility index (Phi) is 2.68. The van der Waals surface area contributed by atoms with Gasteiger partial charge in [0.05, 0.1) is 15.8 Å². The highest BCUT2D eigenvalue weighted by Gasteiger charge is 2.32. The number of nitrogens with two attached hydrogens (primary N) is 1. The molecule has 2 aromatic rings. The molecular formula is C14H18N2S. The second-order valence-corrected chi connectivity index (χ2v) is 6.24. The second kappa shape index (κ2) is 4.07. The Balaban J connectivity index is 2.05. The number of benzene rings is 1. The van der Waals surface area contributed by atoms with Crippen LogP contribution in [0, 0.1) is 6.92 Å². The van der Waals surface area contributed by atoms with Gasteiger partial charge in [0.2, 0.25) is 0 Å². The lowest BCUT2D eigenvalue weighted by atomic mass is 9.83. The van der Waals surface area contributed by atoms with Crippen LogP contribution in [0.5, 0.6) is 0 Å². The van der Waals surface area contributed by atoms with Gasteiger partial charge in [-0.15, -0.1) is 11.3 Å². The maximum absolute atomic E-state index is 6.53. The summed E-state index contributed by atoms with van der Waals surface area (Å²) in [4.78, 5) is 4.74. The van der Waals surface area contributed by atoms with E-state index in [1.165, 1.54) is 29.5 Å². The number of nitrogens with zero attached hydrogens (tertiary/aromatic N) is 1. The molecule has 0 unspecified atom stereocenters. The normalized spacial score (nSPS) is 19.6. The van der Waals surface area contributed by atoms with Crippen LogP contribution in [0.4, 0.5) is 0 Å². The minimum absolute atomic E-state index is 0.157. The lowest BCUT2D eigenvalue weighted by molar-refractivity contribution is 0.302. The first-order valence-electron chi connectivity index (χ1n) is 6.34. The highest BCUT2D eigenvalue weighted by molar-refractivity contribution is 7.18. The van der Waals surface area contributed by atoms with E-state index in [4.69, 9.17) is 10.7 Å². The quantitative estimate of drug-likeness (QED) is 0.833. The van der Waals surface area contributed by atoms with Gasteiger partial charge < -0.3 is 5.73 Å². The summed E-state index contributed by atoms with van der Waals surface area (Å²) in [7, 11) is 0. The SMILES string of the molecule is Cc1ccc2nc(C3(N)CCCCC3)sc2c1. The molecule has 1 aliphatic carbocycles. The standard InChI is InChI=1S/C14H18N2S/c1-10-5-6-11-12(9-10)17-13(16-11)14(15)7-3-2-4-8-14/h5-6,9H,2-4,7-8,15H2,1H3. The Morgan fingerprint density at radius 3 is 2.76 bits per heavy atom. The van der Waals surface area contributed by atoms with Gasteiger partial charge in [-0.1, -0.05) is 25.3 Å². The summed E-state index contributed by atoms with van der Waals surface area (Å²) in [5.74, 6) is 0. The number of hydrogen-bond donors (Lipinski definition) is 1. The summed E-state index contributed by atoms with van der Waals surface area (Å²) >= 11 is 1.78. The molecule has 1 fully saturated rings. The van der Waals surface area contributed by atoms with E-state index in [0.717, 1.165) is 23.4 Å². The number of fused-ring (bicyclic) bond motifs is 1. The second-order valence-electron chi connectivity index (χ2n) is 5.21. The van der Waals surface area contributed by atoms with Crippen LogP contribution in [-0.2, 0) is 5.54 Å². The zero-order valence-electron chi connectivity index (χ0n) is 10.2. The highest BCUT2D eigenvalue weighted by Crippen LogP contribution is 2.38. The number of hydrogen-bond acceptors (Lipinski definition) is 3. The maximum Gasteiger partial charge on any atom is 0.114 e. The van der Waals surface area contributed by atoms with Crippen LogP contribution in [0.25, 0.3) is 10.2 Å². The van der Waals surface area contributed by atoms with Crippen molar-refractivity contribution in [1.29, 1.82) is 0 Å². The number of thiazole rings is 1. The lowest BCUT2D eigenvalue weighted by Gasteiger charge is -2.31. The largest absolute Gasteiger partial charge is 0.319 e. The molecule has 0 radical (unpaired) electrons. The van der Waals surface area contributed by atoms with Crippen LogP contribution < -0.4 is 5.73 Å². The minimum Gasteiger partial charge on any atom is -0.319 e. The average molecular weight is 246 g/mol. The Bertz CT molecular complexity index is 538. The third kappa shape index (κ3) is 1.98. The third-order valence-electron chi connectivity index (χ3n) is 3.72. The van der Waals surface area contributed by atoms with Gasteiger partial charge in [0, 0.05) is 0 Å². The van der Waals surface area contributed by atoms with Crippen molar-refractivity contribution in [3.8, 4) is 0 Å². The van der Waals surface area contributed by atoms with E-state index in [2.05, 4.69) is 25.1 Å². The molecule has 90 valence electrons. The molecule has 3 heteroatoms. The lowest BCUT2D eigenvalue weighted by Crippen LogP contribution is -2.38. The van der Waals surface area contributed by atoms with Crippen LogP contribution in [0.15, 0.2) is 18.2 Å². The van der Waals surface area contributed by atoms with Crippen molar-refractivity contribution in [2.45, 2.75) is 44.6 Å². The van der Waals surface area contributed by atoms with Gasteiger partial charge in [0.25, 0.3) is 0 Å². The van der Waals surface area contributed by atoms with Crippen LogP contribution in [0.2, 0.25) is 0 Å². The van der Waals surface area contributed by atoms with E-state index in [1.807, 2.05) is 0 Å². The fourth-order valence-corrected chi connectivity index (χ4v) is 3.86. The Labute approximate surface area is 106 Å². The smallest absolute Gasteiger partial charge is 0.114 e. The van der Waals surface area contributed by atoms with Crippen LogP contribution in [0.1, 0.15) is 42.7 Å². The highest BCUT2D eigenvalue weighted by atomic mass is 32.1. The zero-order valence-corrected chi connectivity index (χ0v) is 11.0. The first kappa shape index (κ1) is 11.2. The Morgan fingerprint density at radius 1 is 1.24 bits per heavy atom. The molecule has 3 rings (SSSR count). The molecule has 0 bridgehead atoms. The Morgan fingerprint density at radius 2 is 2.00 bits per heavy atom. The van der Waals surface area contributed by atoms with Gasteiger partial charge in [0.1, 0.15) is 5.01 Å². The van der Waals surface area contributed by atoms with E-state index in [1.54, 1.807) is 11.3 Å². The van der Waals surface area contributed by atoms with Gasteiger partial charge in [0.15, 0.2) is 0 Å². The summed E-state index contributed by atoms with van der Waals surface area (Å²) in [5.41, 5.74) is 8.77. The third-order valence-corrected chi connectivity index (χ3v) is 4.95. The molecule has 1 aromatic carbocycles. The van der Waals surface area contributed by atoms with E-state index in [9.17, 15) is 0 Å². The summed E-state index contributed by atoms with van der Waals surface area (Å²) < 4.78 is 1.27. The van der Waals surface area contributed by atoms with Crippen molar-refractivity contribution in [2.24, 2.45) is 5.73 Å². The number of aryl methyl sites for hydroxylation is 1. The molecule has 2 N–H and O–H groups in total. The number of rotatable bonds is 1. The molecule has 0 amide bonds. The minimum atomic E-state index is -0.157. The van der Waals surface area contributed by atoms with Crippen molar-refractivity contribution in [3.05, 3.63) is 28.8 Å². The van der Waals surface area contributed by atoms with Gasteiger partial charge in [-0.05, 0) is 37.5 Å². The van der Waals surface area contributed by atoms with E-state index < -0.39 is 0 Å². The molecular weight excluding hydrogens is 228 g/mol. The fourth-order valence-electron chi connectivity index (χ4n) is 2.64. The first-order valence-corrected chi connectivity index (χ1v) is 7.16. The summed E-state index contributed by atoms with van der Waals surface area (Å²) in [6.07, 6.45) is 5.98. The molecule has 17 heavy (non-hydrogen) atoms. The zero-order chi connectivity index (χ0) is 11.9. The van der Waals surface area contributed by atoms with Crippen LogP contribution in [-0.4, -0.2) is 4.98 Å². The number of aromatic nitrogens is 1. The van der Waals surface area contributed by atoms with Crippen LogP contribution >= 0.6 is 11.3 Å². The van der Waals surface area contributed by atoms with Crippen molar-refractivity contribution in [3.63, 3.8) is 0 Å². The van der Waals surface area contributed by atoms with Gasteiger partial charge in [-0.2, -0.15) is 0 Å². The van der Waals surface area contributed by atoms with Crippen molar-refractivity contribution < 1.29 is 0 Å². The molecule has 2 nitrogen and oxygen atoms in total. The molecule has 0 saturated heterocycles. The van der Waals surface area contributed by atoms with Crippen LogP contribution in [0.3, 0.4) is 0 Å². The molecule has 0 spiro atoms.